The van der Waals surface area contributed by atoms with Gasteiger partial charge in [0.05, 0.1) is 6.54 Å². The lowest BCUT2D eigenvalue weighted by atomic mass is 10.0. The Hall–Kier alpha value is -1.62. The molecular weight excluding hydrogens is 286 g/mol. The number of piperidine rings is 1. The fraction of sp³-hybridized carbons (Fsp3) is 0.667. The van der Waals surface area contributed by atoms with Crippen LogP contribution in [0.25, 0.3) is 0 Å². The average molecular weight is 317 g/mol. The Morgan fingerprint density at radius 1 is 1.35 bits per heavy atom. The second-order valence-corrected chi connectivity index (χ2v) is 6.14. The molecular formula is C18H31N5. The average Bonchev–Trinajstić information content (AvgIpc) is 2.57. The second kappa shape index (κ2) is 10.2. The van der Waals surface area contributed by atoms with Crippen LogP contribution in [0.4, 0.5) is 0 Å². The van der Waals surface area contributed by atoms with Gasteiger partial charge in [0.15, 0.2) is 5.96 Å². The largest absolute Gasteiger partial charge is 0.357 e. The van der Waals surface area contributed by atoms with Gasteiger partial charge in [-0.25, -0.2) is 0 Å². The Morgan fingerprint density at radius 2 is 2.26 bits per heavy atom. The molecule has 1 aliphatic heterocycles. The third-order valence-corrected chi connectivity index (χ3v) is 4.34. The number of guanidine groups is 1. The zero-order valence-electron chi connectivity index (χ0n) is 14.6. The van der Waals surface area contributed by atoms with Crippen molar-refractivity contribution >= 4 is 5.96 Å². The van der Waals surface area contributed by atoms with Crippen LogP contribution in [0.1, 0.15) is 38.8 Å². The van der Waals surface area contributed by atoms with Gasteiger partial charge in [0, 0.05) is 44.0 Å². The molecule has 0 saturated carbocycles. The van der Waals surface area contributed by atoms with E-state index in [1.807, 2.05) is 18.3 Å². The summed E-state index contributed by atoms with van der Waals surface area (Å²) in [5.41, 5.74) is 1.11. The quantitative estimate of drug-likeness (QED) is 0.597. The number of nitrogens with one attached hydrogen (secondary N) is 2. The van der Waals surface area contributed by atoms with E-state index >= 15 is 0 Å². The molecule has 23 heavy (non-hydrogen) atoms. The highest BCUT2D eigenvalue weighted by atomic mass is 15.2. The van der Waals surface area contributed by atoms with Gasteiger partial charge in [-0.3, -0.25) is 14.9 Å². The number of aliphatic imine (C=N–C) groups is 1. The zero-order chi connectivity index (χ0) is 16.3. The van der Waals surface area contributed by atoms with Crippen molar-refractivity contribution in [1.82, 2.24) is 20.5 Å². The van der Waals surface area contributed by atoms with Crippen LogP contribution in [-0.4, -0.2) is 54.6 Å². The van der Waals surface area contributed by atoms with Gasteiger partial charge < -0.3 is 10.6 Å². The molecule has 0 radical (unpaired) electrons. The molecule has 1 fully saturated rings. The minimum atomic E-state index is 0.707. The first-order valence-electron chi connectivity index (χ1n) is 8.95. The van der Waals surface area contributed by atoms with E-state index in [-0.39, 0.29) is 0 Å². The zero-order valence-corrected chi connectivity index (χ0v) is 14.6. The van der Waals surface area contributed by atoms with Crippen molar-refractivity contribution in [2.45, 2.75) is 45.6 Å². The molecule has 5 nitrogen and oxygen atoms in total. The fourth-order valence-corrected chi connectivity index (χ4v) is 2.98. The van der Waals surface area contributed by atoms with Crippen molar-refractivity contribution < 1.29 is 0 Å². The highest BCUT2D eigenvalue weighted by Gasteiger charge is 2.17. The van der Waals surface area contributed by atoms with Gasteiger partial charge in [0.25, 0.3) is 0 Å². The SMILES string of the molecule is CCNC(=NCCN1CCCCC1C)NCCc1ccccn1. The molecule has 5 heteroatoms. The molecule has 1 aromatic heterocycles. The van der Waals surface area contributed by atoms with Crippen LogP contribution < -0.4 is 10.6 Å². The molecule has 1 aromatic rings. The summed E-state index contributed by atoms with van der Waals surface area (Å²) in [5.74, 6) is 0.910. The van der Waals surface area contributed by atoms with E-state index in [2.05, 4.69) is 40.4 Å². The van der Waals surface area contributed by atoms with E-state index in [4.69, 9.17) is 4.99 Å². The van der Waals surface area contributed by atoms with E-state index < -0.39 is 0 Å². The summed E-state index contributed by atoms with van der Waals surface area (Å²) >= 11 is 0. The van der Waals surface area contributed by atoms with Gasteiger partial charge in [0.1, 0.15) is 0 Å². The predicted octanol–water partition coefficient (Wildman–Crippen LogP) is 2.05. The molecule has 0 spiro atoms. The smallest absolute Gasteiger partial charge is 0.191 e. The summed E-state index contributed by atoms with van der Waals surface area (Å²) in [4.78, 5) is 11.6. The monoisotopic (exact) mass is 317 g/mol. The molecule has 1 aliphatic rings. The molecule has 2 N–H and O–H groups in total. The minimum absolute atomic E-state index is 0.707. The molecule has 0 amide bonds. The summed E-state index contributed by atoms with van der Waals surface area (Å²) in [5, 5.41) is 6.72. The lowest BCUT2D eigenvalue weighted by Crippen LogP contribution is -2.41. The maximum absolute atomic E-state index is 4.71. The maximum atomic E-state index is 4.71. The van der Waals surface area contributed by atoms with Crippen LogP contribution in [0.3, 0.4) is 0 Å². The summed E-state index contributed by atoms with van der Waals surface area (Å²) in [6, 6.07) is 6.74. The summed E-state index contributed by atoms with van der Waals surface area (Å²) in [6.45, 7) is 9.29. The second-order valence-electron chi connectivity index (χ2n) is 6.14. The highest BCUT2D eigenvalue weighted by Crippen LogP contribution is 2.15. The van der Waals surface area contributed by atoms with Crippen LogP contribution in [0.2, 0.25) is 0 Å². The standard InChI is InChI=1S/C18H31N5/c1-3-19-18(21-12-10-17-9-4-6-11-20-17)22-13-15-23-14-7-5-8-16(23)2/h4,6,9,11,16H,3,5,7-8,10,12-15H2,1-2H3,(H2,19,21,22). The Labute approximate surface area is 140 Å². The Balaban J connectivity index is 1.73. The Bertz CT molecular complexity index is 460. The maximum Gasteiger partial charge on any atom is 0.191 e. The molecule has 1 atom stereocenters. The molecule has 128 valence electrons. The van der Waals surface area contributed by atoms with Crippen LogP contribution in [0, 0.1) is 0 Å². The summed E-state index contributed by atoms with van der Waals surface area (Å²) in [6.07, 6.45) is 6.78. The minimum Gasteiger partial charge on any atom is -0.357 e. The van der Waals surface area contributed by atoms with Crippen LogP contribution in [0.15, 0.2) is 29.4 Å². The molecule has 1 saturated heterocycles. The van der Waals surface area contributed by atoms with Crippen LogP contribution in [-0.2, 0) is 6.42 Å². The topological polar surface area (TPSA) is 52.6 Å². The summed E-state index contributed by atoms with van der Waals surface area (Å²) < 4.78 is 0. The number of aromatic nitrogens is 1. The van der Waals surface area contributed by atoms with Crippen molar-refractivity contribution in [3.63, 3.8) is 0 Å². The molecule has 2 heterocycles. The van der Waals surface area contributed by atoms with Gasteiger partial charge in [-0.1, -0.05) is 12.5 Å². The third-order valence-electron chi connectivity index (χ3n) is 4.34. The first-order chi connectivity index (χ1) is 11.3. The number of hydrogen-bond donors (Lipinski definition) is 2. The molecule has 2 rings (SSSR count). The van der Waals surface area contributed by atoms with Crippen LogP contribution in [0.5, 0.6) is 0 Å². The van der Waals surface area contributed by atoms with E-state index in [1.165, 1.54) is 25.8 Å². The number of nitrogens with zero attached hydrogens (tertiary/aromatic N) is 3. The molecule has 0 aromatic carbocycles. The van der Waals surface area contributed by atoms with Crippen molar-refractivity contribution in [2.24, 2.45) is 4.99 Å². The Morgan fingerprint density at radius 3 is 3.00 bits per heavy atom. The number of rotatable bonds is 7. The normalized spacial score (nSPS) is 19.6. The predicted molar refractivity (Wildman–Crippen MR) is 96.8 cm³/mol. The fourth-order valence-electron chi connectivity index (χ4n) is 2.98. The molecule has 1 unspecified atom stereocenters. The number of hydrogen-bond acceptors (Lipinski definition) is 3. The lowest BCUT2D eigenvalue weighted by molar-refractivity contribution is 0.166. The van der Waals surface area contributed by atoms with Crippen molar-refractivity contribution in [2.75, 3.05) is 32.7 Å². The molecule has 0 bridgehead atoms. The first-order valence-corrected chi connectivity index (χ1v) is 8.95. The van der Waals surface area contributed by atoms with Gasteiger partial charge in [-0.05, 0) is 45.4 Å². The van der Waals surface area contributed by atoms with Gasteiger partial charge in [-0.15, -0.1) is 0 Å². The Kier molecular flexibility index (Phi) is 7.87. The van der Waals surface area contributed by atoms with Crippen molar-refractivity contribution in [3.8, 4) is 0 Å². The highest BCUT2D eigenvalue weighted by molar-refractivity contribution is 5.79. The van der Waals surface area contributed by atoms with E-state index in [9.17, 15) is 0 Å². The lowest BCUT2D eigenvalue weighted by Gasteiger charge is -2.32. The van der Waals surface area contributed by atoms with Gasteiger partial charge in [-0.2, -0.15) is 0 Å². The number of likely N-dealkylation sites (tertiary alicyclic amines) is 1. The number of pyridine rings is 1. The third kappa shape index (κ3) is 6.57. The van der Waals surface area contributed by atoms with E-state index in [0.29, 0.717) is 6.04 Å². The van der Waals surface area contributed by atoms with E-state index in [1.54, 1.807) is 0 Å². The van der Waals surface area contributed by atoms with E-state index in [0.717, 1.165) is 44.3 Å². The van der Waals surface area contributed by atoms with Crippen molar-refractivity contribution in [3.05, 3.63) is 30.1 Å². The van der Waals surface area contributed by atoms with Crippen LogP contribution >= 0.6 is 0 Å². The van der Waals surface area contributed by atoms with Gasteiger partial charge in [0.2, 0.25) is 0 Å². The first kappa shape index (κ1) is 17.7. The summed E-state index contributed by atoms with van der Waals surface area (Å²) in [7, 11) is 0. The molecule has 0 aliphatic carbocycles. The van der Waals surface area contributed by atoms with Crippen molar-refractivity contribution in [1.29, 1.82) is 0 Å². The van der Waals surface area contributed by atoms with Gasteiger partial charge >= 0.3 is 0 Å².